The van der Waals surface area contributed by atoms with E-state index >= 15 is 0 Å². The molecule has 0 aliphatic rings. The van der Waals surface area contributed by atoms with E-state index in [4.69, 9.17) is 0 Å². The molecule has 2 rings (SSSR count). The summed E-state index contributed by atoms with van der Waals surface area (Å²) in [6.07, 6.45) is 2.41. The van der Waals surface area contributed by atoms with Crippen LogP contribution in [0.15, 0.2) is 12.3 Å². The van der Waals surface area contributed by atoms with Gasteiger partial charge < -0.3 is 5.32 Å². The van der Waals surface area contributed by atoms with Crippen LogP contribution in [0, 0.1) is 6.92 Å². The summed E-state index contributed by atoms with van der Waals surface area (Å²) in [5.41, 5.74) is 0. The zero-order valence-electron chi connectivity index (χ0n) is 6.94. The van der Waals surface area contributed by atoms with E-state index in [0.29, 0.717) is 6.41 Å². The molecule has 2 aromatic rings. The van der Waals surface area contributed by atoms with Crippen molar-refractivity contribution in [3.8, 4) is 0 Å². The number of carbonyl (C=O) groups excluding carboxylic acids is 1. The van der Waals surface area contributed by atoms with Crippen LogP contribution in [0.1, 0.15) is 5.82 Å². The number of rotatable bonds is 2. The normalized spacial score (nSPS) is 10.2. The summed E-state index contributed by atoms with van der Waals surface area (Å²) in [6, 6.07) is 1.86. The topological polar surface area (TPSA) is 54.9 Å². The fourth-order valence-electron chi connectivity index (χ4n) is 1.04. The SMILES string of the molecule is Cc1ncc2cc(NC=O)sc2n1. The number of hydrogen-bond acceptors (Lipinski definition) is 4. The van der Waals surface area contributed by atoms with Gasteiger partial charge in [0, 0.05) is 11.6 Å². The number of aromatic nitrogens is 2. The van der Waals surface area contributed by atoms with Crippen molar-refractivity contribution in [2.45, 2.75) is 6.92 Å². The van der Waals surface area contributed by atoms with Gasteiger partial charge in [0.15, 0.2) is 0 Å². The molecule has 0 radical (unpaired) electrons. The molecule has 2 aromatic heterocycles. The van der Waals surface area contributed by atoms with E-state index in [2.05, 4.69) is 15.3 Å². The van der Waals surface area contributed by atoms with Crippen molar-refractivity contribution in [3.63, 3.8) is 0 Å². The van der Waals surface area contributed by atoms with E-state index in [1.165, 1.54) is 11.3 Å². The Balaban J connectivity index is 2.55. The summed E-state index contributed by atoms with van der Waals surface area (Å²) in [4.78, 5) is 19.4. The number of anilines is 1. The van der Waals surface area contributed by atoms with Crippen LogP contribution >= 0.6 is 11.3 Å². The molecule has 0 saturated heterocycles. The number of nitrogens with one attached hydrogen (secondary N) is 1. The lowest BCUT2D eigenvalue weighted by molar-refractivity contribution is -0.105. The van der Waals surface area contributed by atoms with Crippen molar-refractivity contribution in [2.24, 2.45) is 0 Å². The predicted molar refractivity (Wildman–Crippen MR) is 51.8 cm³/mol. The lowest BCUT2D eigenvalue weighted by atomic mass is 10.4. The first-order valence-electron chi connectivity index (χ1n) is 3.73. The number of amides is 1. The number of hydrogen-bond donors (Lipinski definition) is 1. The third-order valence-electron chi connectivity index (χ3n) is 1.60. The Kier molecular flexibility index (Phi) is 1.94. The highest BCUT2D eigenvalue weighted by molar-refractivity contribution is 7.22. The van der Waals surface area contributed by atoms with Gasteiger partial charge >= 0.3 is 0 Å². The predicted octanol–water partition coefficient (Wildman–Crippen LogP) is 1.57. The van der Waals surface area contributed by atoms with Crippen LogP contribution in [0.5, 0.6) is 0 Å². The van der Waals surface area contributed by atoms with Gasteiger partial charge in [0.1, 0.15) is 10.7 Å². The van der Waals surface area contributed by atoms with Gasteiger partial charge in [-0.25, -0.2) is 9.97 Å². The number of nitrogens with zero attached hydrogens (tertiary/aromatic N) is 2. The second kappa shape index (κ2) is 3.10. The van der Waals surface area contributed by atoms with Crippen molar-refractivity contribution < 1.29 is 4.79 Å². The van der Waals surface area contributed by atoms with E-state index in [0.717, 1.165) is 21.0 Å². The summed E-state index contributed by atoms with van der Waals surface area (Å²) < 4.78 is 0. The van der Waals surface area contributed by atoms with Crippen molar-refractivity contribution in [2.75, 3.05) is 5.32 Å². The van der Waals surface area contributed by atoms with Crippen molar-refractivity contribution in [1.82, 2.24) is 9.97 Å². The minimum Gasteiger partial charge on any atom is -0.320 e. The number of aryl methyl sites for hydroxylation is 1. The maximum absolute atomic E-state index is 10.2. The molecule has 0 bridgehead atoms. The summed E-state index contributed by atoms with van der Waals surface area (Å²) in [6.45, 7) is 1.84. The largest absolute Gasteiger partial charge is 0.320 e. The monoisotopic (exact) mass is 193 g/mol. The molecule has 66 valence electrons. The molecule has 0 spiro atoms. The molecule has 13 heavy (non-hydrogen) atoms. The van der Waals surface area contributed by atoms with Gasteiger partial charge in [0.05, 0.1) is 5.00 Å². The molecule has 0 fully saturated rings. The second-order valence-electron chi connectivity index (χ2n) is 2.55. The molecule has 0 saturated carbocycles. The van der Waals surface area contributed by atoms with E-state index in [1.54, 1.807) is 6.20 Å². The van der Waals surface area contributed by atoms with Gasteiger partial charge in [-0.3, -0.25) is 4.79 Å². The third-order valence-corrected chi connectivity index (χ3v) is 2.57. The van der Waals surface area contributed by atoms with E-state index in [1.807, 2.05) is 13.0 Å². The van der Waals surface area contributed by atoms with Gasteiger partial charge in [-0.05, 0) is 13.0 Å². The second-order valence-corrected chi connectivity index (χ2v) is 3.58. The van der Waals surface area contributed by atoms with Crippen LogP contribution in [0.25, 0.3) is 10.2 Å². The first-order valence-corrected chi connectivity index (χ1v) is 4.54. The molecule has 5 heteroatoms. The lowest BCUT2D eigenvalue weighted by Crippen LogP contribution is -1.88. The molecular weight excluding hydrogens is 186 g/mol. The molecule has 0 atom stereocenters. The zero-order valence-corrected chi connectivity index (χ0v) is 7.76. The number of fused-ring (bicyclic) bond motifs is 1. The number of thiophene rings is 1. The average molecular weight is 193 g/mol. The Hall–Kier alpha value is -1.49. The standard InChI is InChI=1S/C8H7N3OS/c1-5-9-3-6-2-7(10-4-12)13-8(6)11-5/h2-4H,1H3,(H,10,12). The maximum Gasteiger partial charge on any atom is 0.212 e. The fraction of sp³-hybridized carbons (Fsp3) is 0.125. The van der Waals surface area contributed by atoms with Crippen LogP contribution in [0.4, 0.5) is 5.00 Å². The molecule has 1 N–H and O–H groups in total. The Morgan fingerprint density at radius 3 is 3.23 bits per heavy atom. The Morgan fingerprint density at radius 2 is 2.46 bits per heavy atom. The first kappa shape index (κ1) is 8.12. The van der Waals surface area contributed by atoms with Gasteiger partial charge in [-0.1, -0.05) is 11.3 Å². The molecule has 0 aliphatic heterocycles. The smallest absolute Gasteiger partial charge is 0.212 e. The minimum atomic E-state index is 0.658. The van der Waals surface area contributed by atoms with Gasteiger partial charge in [0.2, 0.25) is 6.41 Å². The highest BCUT2D eigenvalue weighted by Crippen LogP contribution is 2.26. The molecular formula is C8H7N3OS. The van der Waals surface area contributed by atoms with E-state index < -0.39 is 0 Å². The highest BCUT2D eigenvalue weighted by atomic mass is 32.1. The molecule has 1 amide bonds. The maximum atomic E-state index is 10.2. The van der Waals surface area contributed by atoms with Crippen molar-refractivity contribution in [1.29, 1.82) is 0 Å². The van der Waals surface area contributed by atoms with Gasteiger partial charge in [-0.15, -0.1) is 0 Å². The van der Waals surface area contributed by atoms with Crippen molar-refractivity contribution >= 4 is 33.0 Å². The summed E-state index contributed by atoms with van der Waals surface area (Å²) in [7, 11) is 0. The zero-order chi connectivity index (χ0) is 9.26. The Bertz CT molecular complexity index is 452. The lowest BCUT2D eigenvalue weighted by Gasteiger charge is -1.88. The number of carbonyl (C=O) groups is 1. The molecule has 0 aromatic carbocycles. The van der Waals surface area contributed by atoms with E-state index in [-0.39, 0.29) is 0 Å². The first-order chi connectivity index (χ1) is 6.29. The van der Waals surface area contributed by atoms with Crippen LogP contribution in [-0.4, -0.2) is 16.4 Å². The van der Waals surface area contributed by atoms with Crippen LogP contribution in [0.3, 0.4) is 0 Å². The molecule has 4 nitrogen and oxygen atoms in total. The van der Waals surface area contributed by atoms with Crippen LogP contribution in [-0.2, 0) is 4.79 Å². The summed E-state index contributed by atoms with van der Waals surface area (Å²) in [5, 5.41) is 4.34. The van der Waals surface area contributed by atoms with Crippen LogP contribution in [0.2, 0.25) is 0 Å². The van der Waals surface area contributed by atoms with Crippen LogP contribution < -0.4 is 5.32 Å². The van der Waals surface area contributed by atoms with E-state index in [9.17, 15) is 4.79 Å². The fourth-order valence-corrected chi connectivity index (χ4v) is 1.95. The summed E-state index contributed by atoms with van der Waals surface area (Å²) >= 11 is 1.44. The third kappa shape index (κ3) is 1.50. The summed E-state index contributed by atoms with van der Waals surface area (Å²) in [5.74, 6) is 0.743. The average Bonchev–Trinajstić information content (AvgIpc) is 2.46. The van der Waals surface area contributed by atoms with Crippen molar-refractivity contribution in [3.05, 3.63) is 18.1 Å². The van der Waals surface area contributed by atoms with Gasteiger partial charge in [-0.2, -0.15) is 0 Å². The molecule has 2 heterocycles. The Morgan fingerprint density at radius 1 is 1.62 bits per heavy atom. The molecule has 0 aliphatic carbocycles. The quantitative estimate of drug-likeness (QED) is 0.736. The Labute approximate surface area is 78.6 Å². The highest BCUT2D eigenvalue weighted by Gasteiger charge is 2.02. The van der Waals surface area contributed by atoms with Gasteiger partial charge in [0.25, 0.3) is 0 Å². The minimum absolute atomic E-state index is 0.658. The molecule has 0 unspecified atom stereocenters.